The van der Waals surface area contributed by atoms with Gasteiger partial charge < -0.3 is 5.11 Å². The number of nitrogens with zero attached hydrogens (tertiary/aromatic N) is 1. The van der Waals surface area contributed by atoms with Crippen molar-refractivity contribution in [3.05, 3.63) is 30.1 Å². The lowest BCUT2D eigenvalue weighted by Gasteiger charge is -2.21. The summed E-state index contributed by atoms with van der Waals surface area (Å²) in [4.78, 5) is 10.9. The highest BCUT2D eigenvalue weighted by Gasteiger charge is 2.42. The van der Waals surface area contributed by atoms with Crippen LogP contribution in [0.4, 0.5) is 10.1 Å². The number of nitrogens with one attached hydrogen (secondary N) is 1. The molecule has 1 fully saturated rings. The van der Waals surface area contributed by atoms with E-state index in [1.54, 1.807) is 0 Å². The molecule has 2 N–H and O–H groups in total. The maximum atomic E-state index is 13.5. The van der Waals surface area contributed by atoms with Crippen LogP contribution in [-0.2, 0) is 15.0 Å². The first kappa shape index (κ1) is 11.8. The van der Waals surface area contributed by atoms with Gasteiger partial charge in [0.15, 0.2) is 6.04 Å². The highest BCUT2D eigenvalue weighted by Crippen LogP contribution is 2.26. The fourth-order valence-corrected chi connectivity index (χ4v) is 3.03. The van der Waals surface area contributed by atoms with E-state index in [1.165, 1.54) is 18.2 Å². The summed E-state index contributed by atoms with van der Waals surface area (Å²) in [6.07, 6.45) is 0. The smallest absolute Gasteiger partial charge is 0.328 e. The summed E-state index contributed by atoms with van der Waals surface area (Å²) in [5, 5.41) is 8.90. The highest BCUT2D eigenvalue weighted by molar-refractivity contribution is 7.91. The van der Waals surface area contributed by atoms with Gasteiger partial charge in [0.25, 0.3) is 0 Å². The molecule has 6 nitrogen and oxygen atoms in total. The predicted molar refractivity (Wildman–Crippen MR) is 57.2 cm³/mol. The predicted octanol–water partition coefficient (Wildman–Crippen LogP) is -0.0667. The number of carbonyl (C=O) groups is 1. The van der Waals surface area contributed by atoms with Crippen molar-refractivity contribution in [3.8, 4) is 0 Å². The zero-order valence-electron chi connectivity index (χ0n) is 8.50. The summed E-state index contributed by atoms with van der Waals surface area (Å²) in [6, 6.07) is 3.78. The molecule has 0 bridgehead atoms. The van der Waals surface area contributed by atoms with Gasteiger partial charge in [0, 0.05) is 6.54 Å². The second-order valence-electron chi connectivity index (χ2n) is 3.45. The number of carboxylic acid groups (broad SMARTS) is 1. The minimum absolute atomic E-state index is 0.273. The summed E-state index contributed by atoms with van der Waals surface area (Å²) in [5.74, 6) is -2.12. The van der Waals surface area contributed by atoms with E-state index < -0.39 is 28.0 Å². The lowest BCUT2D eigenvalue weighted by molar-refractivity contribution is -0.137. The third-order valence-corrected chi connectivity index (χ3v) is 3.88. The Morgan fingerprint density at radius 3 is 2.71 bits per heavy atom. The Morgan fingerprint density at radius 1 is 1.47 bits per heavy atom. The van der Waals surface area contributed by atoms with Gasteiger partial charge in [-0.3, -0.25) is 0 Å². The van der Waals surface area contributed by atoms with Crippen molar-refractivity contribution in [1.29, 1.82) is 0 Å². The number of para-hydroxylation sites is 1. The van der Waals surface area contributed by atoms with E-state index in [2.05, 4.69) is 4.72 Å². The summed E-state index contributed by atoms with van der Waals surface area (Å²) in [5.41, 5.74) is -0.273. The molecule has 8 heteroatoms. The summed E-state index contributed by atoms with van der Waals surface area (Å²) in [7, 11) is -3.99. The molecule has 1 aliphatic heterocycles. The molecule has 1 aromatic rings. The largest absolute Gasteiger partial charge is 0.480 e. The quantitative estimate of drug-likeness (QED) is 0.779. The average molecular weight is 260 g/mol. The van der Waals surface area contributed by atoms with Crippen LogP contribution in [0.25, 0.3) is 0 Å². The van der Waals surface area contributed by atoms with Gasteiger partial charge in [0.1, 0.15) is 5.82 Å². The van der Waals surface area contributed by atoms with Gasteiger partial charge in [-0.05, 0) is 12.1 Å². The Balaban J connectivity index is 2.54. The standard InChI is InChI=1S/C9H9FN2O4S/c10-6-3-1-2-4-7(6)12-8(9(13)14)5-11-17(12,15)16/h1-4,8,11H,5H2,(H,13,14). The molecule has 1 aliphatic rings. The third kappa shape index (κ3) is 1.96. The summed E-state index contributed by atoms with van der Waals surface area (Å²) in [6.45, 7) is -0.286. The lowest BCUT2D eigenvalue weighted by atomic mass is 10.2. The van der Waals surface area contributed by atoms with Crippen molar-refractivity contribution in [2.45, 2.75) is 6.04 Å². The minimum Gasteiger partial charge on any atom is -0.480 e. The monoisotopic (exact) mass is 260 g/mol. The number of benzene rings is 1. The fourth-order valence-electron chi connectivity index (χ4n) is 1.62. The van der Waals surface area contributed by atoms with Gasteiger partial charge in [-0.1, -0.05) is 12.1 Å². The van der Waals surface area contributed by atoms with Gasteiger partial charge in [-0.2, -0.15) is 13.1 Å². The van der Waals surface area contributed by atoms with Gasteiger partial charge >= 0.3 is 16.2 Å². The number of aliphatic carboxylic acids is 1. The van der Waals surface area contributed by atoms with Gasteiger partial charge in [-0.25, -0.2) is 13.5 Å². The number of hydrogen-bond donors (Lipinski definition) is 2. The maximum absolute atomic E-state index is 13.5. The SMILES string of the molecule is O=C(O)C1CNS(=O)(=O)N1c1ccccc1F. The first-order valence-electron chi connectivity index (χ1n) is 4.70. The first-order chi connectivity index (χ1) is 7.93. The molecule has 0 amide bonds. The Bertz CT molecular complexity index is 560. The molecule has 2 rings (SSSR count). The van der Waals surface area contributed by atoms with Gasteiger partial charge in [0.05, 0.1) is 5.69 Å². The van der Waals surface area contributed by atoms with E-state index in [-0.39, 0.29) is 12.2 Å². The zero-order valence-corrected chi connectivity index (χ0v) is 9.32. The zero-order chi connectivity index (χ0) is 12.6. The van der Waals surface area contributed by atoms with Crippen molar-refractivity contribution < 1.29 is 22.7 Å². The van der Waals surface area contributed by atoms with Crippen molar-refractivity contribution in [3.63, 3.8) is 0 Å². The van der Waals surface area contributed by atoms with E-state index in [4.69, 9.17) is 5.11 Å². The molecule has 0 saturated carbocycles. The van der Waals surface area contributed by atoms with Crippen LogP contribution in [0.3, 0.4) is 0 Å². The fraction of sp³-hybridized carbons (Fsp3) is 0.222. The van der Waals surface area contributed by atoms with Crippen molar-refractivity contribution in [1.82, 2.24) is 4.72 Å². The number of carboxylic acids is 1. The molecule has 0 aliphatic carbocycles. The van der Waals surface area contributed by atoms with Crippen molar-refractivity contribution >= 4 is 21.9 Å². The third-order valence-electron chi connectivity index (χ3n) is 2.38. The van der Waals surface area contributed by atoms with Crippen LogP contribution >= 0.6 is 0 Å². The molecule has 0 aromatic heterocycles. The number of hydrogen-bond acceptors (Lipinski definition) is 3. The van der Waals surface area contributed by atoms with Gasteiger partial charge in [-0.15, -0.1) is 0 Å². The minimum atomic E-state index is -3.99. The van der Waals surface area contributed by atoms with Crippen LogP contribution in [0.15, 0.2) is 24.3 Å². The van der Waals surface area contributed by atoms with E-state index in [0.29, 0.717) is 4.31 Å². The Kier molecular flexibility index (Phi) is 2.76. The average Bonchev–Trinajstić information content (AvgIpc) is 2.55. The van der Waals surface area contributed by atoms with Crippen LogP contribution in [0, 0.1) is 5.82 Å². The van der Waals surface area contributed by atoms with Crippen LogP contribution in [0.1, 0.15) is 0 Å². The van der Waals surface area contributed by atoms with Crippen LogP contribution < -0.4 is 9.03 Å². The topological polar surface area (TPSA) is 86.7 Å². The summed E-state index contributed by atoms with van der Waals surface area (Å²) >= 11 is 0. The second-order valence-corrected chi connectivity index (χ2v) is 5.09. The highest BCUT2D eigenvalue weighted by atomic mass is 32.2. The lowest BCUT2D eigenvalue weighted by Crippen LogP contribution is -2.40. The molecule has 1 unspecified atom stereocenters. The van der Waals surface area contributed by atoms with Crippen LogP contribution in [0.5, 0.6) is 0 Å². The molecule has 1 heterocycles. The number of anilines is 1. The van der Waals surface area contributed by atoms with E-state index >= 15 is 0 Å². The second kappa shape index (κ2) is 3.97. The Hall–Kier alpha value is -1.67. The van der Waals surface area contributed by atoms with E-state index in [0.717, 1.165) is 6.07 Å². The molecule has 1 saturated heterocycles. The van der Waals surface area contributed by atoms with E-state index in [1.807, 2.05) is 0 Å². The molecular weight excluding hydrogens is 251 g/mol. The normalized spacial score (nSPS) is 22.6. The van der Waals surface area contributed by atoms with Crippen LogP contribution in [0.2, 0.25) is 0 Å². The number of rotatable bonds is 2. The molecule has 1 aromatic carbocycles. The molecule has 0 radical (unpaired) electrons. The summed E-state index contributed by atoms with van der Waals surface area (Å²) < 4.78 is 39.3. The number of halogens is 1. The molecule has 1 atom stereocenters. The first-order valence-corrected chi connectivity index (χ1v) is 6.14. The Labute approximate surface area is 96.8 Å². The molecule has 17 heavy (non-hydrogen) atoms. The van der Waals surface area contributed by atoms with E-state index in [9.17, 15) is 17.6 Å². The van der Waals surface area contributed by atoms with Gasteiger partial charge in [0.2, 0.25) is 0 Å². The van der Waals surface area contributed by atoms with Crippen molar-refractivity contribution in [2.24, 2.45) is 0 Å². The van der Waals surface area contributed by atoms with Crippen molar-refractivity contribution in [2.75, 3.05) is 10.8 Å². The van der Waals surface area contributed by atoms with Crippen LogP contribution in [-0.4, -0.2) is 32.1 Å². The molecule has 0 spiro atoms. The maximum Gasteiger partial charge on any atom is 0.328 e. The molecule has 92 valence electrons. The Morgan fingerprint density at radius 2 is 2.12 bits per heavy atom. The molecular formula is C9H9FN2O4S.